The SMILES string of the molecule is CCCCCSc1n[n+]2c(c(=O)[nH]1)-c1ccccc1N(C(C)=O)C2c1cccs1. The number of carbonyl (C=O) groups excluding carboxylic acids is 1. The van der Waals surface area contributed by atoms with E-state index in [1.165, 1.54) is 0 Å². The van der Waals surface area contributed by atoms with Crippen molar-refractivity contribution < 1.29 is 9.48 Å². The van der Waals surface area contributed by atoms with E-state index >= 15 is 0 Å². The third-order valence-electron chi connectivity index (χ3n) is 4.88. The summed E-state index contributed by atoms with van der Waals surface area (Å²) in [6.07, 6.45) is 2.89. The molecule has 1 unspecified atom stereocenters. The molecule has 0 aliphatic carbocycles. The topological polar surface area (TPSA) is 69.9 Å². The lowest BCUT2D eigenvalue weighted by Gasteiger charge is -2.30. The second-order valence-electron chi connectivity index (χ2n) is 6.90. The van der Waals surface area contributed by atoms with Gasteiger partial charge in [0.1, 0.15) is 0 Å². The highest BCUT2D eigenvalue weighted by atomic mass is 32.2. The van der Waals surface area contributed by atoms with E-state index in [1.807, 2.05) is 41.8 Å². The number of hydrogen-bond donors (Lipinski definition) is 1. The maximum Gasteiger partial charge on any atom is 0.325 e. The van der Waals surface area contributed by atoms with E-state index in [4.69, 9.17) is 5.10 Å². The summed E-state index contributed by atoms with van der Waals surface area (Å²) in [6, 6.07) is 11.4. The first-order valence-electron chi connectivity index (χ1n) is 9.73. The van der Waals surface area contributed by atoms with Gasteiger partial charge in [0, 0.05) is 17.8 Å². The van der Waals surface area contributed by atoms with Crippen molar-refractivity contribution in [3.8, 4) is 11.3 Å². The molecule has 29 heavy (non-hydrogen) atoms. The van der Waals surface area contributed by atoms with Crippen LogP contribution in [-0.2, 0) is 4.79 Å². The Kier molecular flexibility index (Phi) is 5.82. The molecule has 0 radical (unpaired) electrons. The van der Waals surface area contributed by atoms with Crippen LogP contribution in [0.3, 0.4) is 0 Å². The smallest absolute Gasteiger partial charge is 0.291 e. The minimum absolute atomic E-state index is 0.0896. The zero-order chi connectivity index (χ0) is 20.4. The number of para-hydroxylation sites is 1. The number of nitrogens with one attached hydrogen (secondary N) is 1. The van der Waals surface area contributed by atoms with Crippen molar-refractivity contribution in [2.45, 2.75) is 44.4 Å². The number of rotatable bonds is 6. The van der Waals surface area contributed by atoms with Crippen molar-refractivity contribution in [3.05, 3.63) is 57.0 Å². The average molecular weight is 428 g/mol. The molecular formula is C21H23N4O2S2+. The molecule has 0 spiro atoms. The summed E-state index contributed by atoms with van der Waals surface area (Å²) >= 11 is 3.10. The van der Waals surface area contributed by atoms with Crippen molar-refractivity contribution in [2.24, 2.45) is 0 Å². The number of fused-ring (bicyclic) bond motifs is 3. The highest BCUT2D eigenvalue weighted by molar-refractivity contribution is 7.99. The molecule has 3 aromatic rings. The first-order valence-corrected chi connectivity index (χ1v) is 11.6. The Hall–Kier alpha value is -2.45. The van der Waals surface area contributed by atoms with Crippen molar-refractivity contribution in [3.63, 3.8) is 0 Å². The second-order valence-corrected chi connectivity index (χ2v) is 8.97. The van der Waals surface area contributed by atoms with Gasteiger partial charge in [0.15, 0.2) is 0 Å². The first kappa shape index (κ1) is 19.8. The maximum absolute atomic E-state index is 13.1. The van der Waals surface area contributed by atoms with E-state index in [1.54, 1.807) is 39.6 Å². The highest BCUT2D eigenvalue weighted by Gasteiger charge is 2.45. The second kappa shape index (κ2) is 8.51. The number of unbranched alkanes of at least 4 members (excludes halogenated alkanes) is 2. The Labute approximate surface area is 177 Å². The molecule has 0 bridgehead atoms. The average Bonchev–Trinajstić information content (AvgIpc) is 3.24. The Morgan fingerprint density at radius 3 is 2.83 bits per heavy atom. The largest absolute Gasteiger partial charge is 0.325 e. The van der Waals surface area contributed by atoms with Crippen LogP contribution < -0.4 is 15.1 Å². The molecule has 1 aromatic carbocycles. The summed E-state index contributed by atoms with van der Waals surface area (Å²) in [5.41, 5.74) is 1.74. The van der Waals surface area contributed by atoms with Crippen LogP contribution in [0, 0.1) is 0 Å². The number of nitrogens with zero attached hydrogens (tertiary/aromatic N) is 3. The van der Waals surface area contributed by atoms with E-state index < -0.39 is 6.17 Å². The number of hydrogen-bond acceptors (Lipinski definition) is 5. The molecule has 0 saturated carbocycles. The molecule has 1 N–H and O–H groups in total. The summed E-state index contributed by atoms with van der Waals surface area (Å²) < 4.78 is 1.72. The minimum Gasteiger partial charge on any atom is -0.291 e. The number of carbonyl (C=O) groups is 1. The van der Waals surface area contributed by atoms with Crippen molar-refractivity contribution >= 4 is 34.7 Å². The fourth-order valence-corrected chi connectivity index (χ4v) is 5.25. The van der Waals surface area contributed by atoms with Crippen molar-refractivity contribution in [1.29, 1.82) is 0 Å². The predicted octanol–water partition coefficient (Wildman–Crippen LogP) is 3.98. The van der Waals surface area contributed by atoms with Crippen molar-refractivity contribution in [2.75, 3.05) is 10.7 Å². The number of H-pyrrole nitrogens is 1. The zero-order valence-electron chi connectivity index (χ0n) is 16.4. The molecule has 1 atom stereocenters. The molecule has 150 valence electrons. The third-order valence-corrected chi connectivity index (χ3v) is 6.74. The zero-order valence-corrected chi connectivity index (χ0v) is 18.1. The normalized spacial score (nSPS) is 15.1. The number of thioether (sulfide) groups is 1. The number of aromatic nitrogens is 3. The van der Waals surface area contributed by atoms with E-state index in [2.05, 4.69) is 11.9 Å². The van der Waals surface area contributed by atoms with Gasteiger partial charge in [-0.25, -0.2) is 4.90 Å². The van der Waals surface area contributed by atoms with Crippen LogP contribution in [0.2, 0.25) is 0 Å². The molecular weight excluding hydrogens is 404 g/mol. The highest BCUT2D eigenvalue weighted by Crippen LogP contribution is 2.38. The minimum atomic E-state index is -0.477. The van der Waals surface area contributed by atoms with Crippen LogP contribution in [0.1, 0.15) is 44.2 Å². The summed E-state index contributed by atoms with van der Waals surface area (Å²) in [7, 11) is 0. The molecule has 2 aromatic heterocycles. The standard InChI is InChI=1S/C21H22N4O2S2/c1-3-4-7-12-29-21-22-19(27)18-15-9-5-6-10-16(15)24(14(2)26)20(25(18)23-21)17-11-8-13-28-17/h5-6,8-11,13,20H,3-4,7,12H2,1-2H3/p+1. The predicted molar refractivity (Wildman–Crippen MR) is 116 cm³/mol. The number of amides is 1. The molecule has 1 amide bonds. The molecule has 0 fully saturated rings. The van der Waals surface area contributed by atoms with Gasteiger partial charge in [0.05, 0.1) is 16.1 Å². The lowest BCUT2D eigenvalue weighted by Crippen LogP contribution is -2.60. The first-order chi connectivity index (χ1) is 14.1. The van der Waals surface area contributed by atoms with Crippen LogP contribution in [0.4, 0.5) is 5.69 Å². The fraction of sp³-hybridized carbons (Fsp3) is 0.333. The maximum atomic E-state index is 13.1. The Morgan fingerprint density at radius 2 is 2.10 bits per heavy atom. The molecule has 0 saturated heterocycles. The van der Waals surface area contributed by atoms with Gasteiger partial charge in [-0.1, -0.05) is 49.7 Å². The van der Waals surface area contributed by atoms with Gasteiger partial charge in [-0.05, 0) is 34.7 Å². The molecule has 4 rings (SSSR count). The third kappa shape index (κ3) is 3.74. The van der Waals surface area contributed by atoms with E-state index in [0.717, 1.165) is 35.6 Å². The van der Waals surface area contributed by atoms with Gasteiger partial charge in [-0.15, -0.1) is 11.3 Å². The van der Waals surface area contributed by atoms with Crippen molar-refractivity contribution in [1.82, 2.24) is 10.1 Å². The van der Waals surface area contributed by atoms with Gasteiger partial charge in [-0.3, -0.25) is 14.6 Å². The fourth-order valence-electron chi connectivity index (χ4n) is 3.59. The molecule has 6 nitrogen and oxygen atoms in total. The monoisotopic (exact) mass is 427 g/mol. The molecule has 3 heterocycles. The number of anilines is 1. The summed E-state index contributed by atoms with van der Waals surface area (Å²) in [4.78, 5) is 31.4. The van der Waals surface area contributed by atoms with Gasteiger partial charge in [0.25, 0.3) is 0 Å². The van der Waals surface area contributed by atoms with Crippen LogP contribution in [0.15, 0.2) is 51.7 Å². The Bertz CT molecular complexity index is 1080. The lowest BCUT2D eigenvalue weighted by molar-refractivity contribution is -0.762. The molecule has 1 aliphatic heterocycles. The molecule has 1 aliphatic rings. The summed E-state index contributed by atoms with van der Waals surface area (Å²) in [5, 5.41) is 7.33. The van der Waals surface area contributed by atoms with Gasteiger partial charge >= 0.3 is 17.4 Å². The summed E-state index contributed by atoms with van der Waals surface area (Å²) in [6.45, 7) is 3.72. The Balaban J connectivity index is 1.88. The van der Waals surface area contributed by atoms with E-state index in [-0.39, 0.29) is 11.5 Å². The lowest BCUT2D eigenvalue weighted by atomic mass is 10.0. The van der Waals surface area contributed by atoms with E-state index in [0.29, 0.717) is 16.4 Å². The van der Waals surface area contributed by atoms with Crippen LogP contribution in [-0.4, -0.2) is 21.7 Å². The van der Waals surface area contributed by atoms with Crippen LogP contribution in [0.25, 0.3) is 11.3 Å². The number of aromatic amines is 1. The number of thiophene rings is 1. The van der Waals surface area contributed by atoms with Gasteiger partial charge < -0.3 is 0 Å². The van der Waals surface area contributed by atoms with E-state index in [9.17, 15) is 9.59 Å². The van der Waals surface area contributed by atoms with Crippen LogP contribution in [0.5, 0.6) is 0 Å². The quantitative estimate of drug-likeness (QED) is 0.367. The Morgan fingerprint density at radius 1 is 1.28 bits per heavy atom. The van der Waals surface area contributed by atoms with Gasteiger partial charge in [-0.2, -0.15) is 0 Å². The van der Waals surface area contributed by atoms with Crippen LogP contribution >= 0.6 is 23.1 Å². The number of benzene rings is 1. The summed E-state index contributed by atoms with van der Waals surface area (Å²) in [5.74, 6) is 0.806. The molecule has 8 heteroatoms. The van der Waals surface area contributed by atoms with Gasteiger partial charge in [0.2, 0.25) is 11.1 Å².